The Kier molecular flexibility index (Phi) is 4.89. The Morgan fingerprint density at radius 2 is 2.35 bits per heavy atom. The molecule has 0 fully saturated rings. The van der Waals surface area contributed by atoms with E-state index >= 15 is 0 Å². The van der Waals surface area contributed by atoms with Gasteiger partial charge in [-0.3, -0.25) is 9.48 Å². The number of carbonyl (C=O) groups excluding carboxylic acids is 1. The monoisotopic (exact) mass is 255 g/mol. The van der Waals surface area contributed by atoms with Crippen LogP contribution in [0.5, 0.6) is 0 Å². The van der Waals surface area contributed by atoms with Crippen LogP contribution in [0.15, 0.2) is 6.20 Å². The zero-order valence-electron chi connectivity index (χ0n) is 9.99. The van der Waals surface area contributed by atoms with Gasteiger partial charge in [0.25, 0.3) is 5.91 Å². The third-order valence-electron chi connectivity index (χ3n) is 2.24. The third kappa shape index (κ3) is 3.70. The maximum absolute atomic E-state index is 11.2. The Bertz CT molecular complexity index is 415. The van der Waals surface area contributed by atoms with E-state index in [-0.39, 0.29) is 0 Å². The van der Waals surface area contributed by atoms with Crippen LogP contribution in [0, 0.1) is 0 Å². The molecule has 1 aromatic heterocycles. The lowest BCUT2D eigenvalue weighted by Gasteiger charge is -2.09. The number of unbranched alkanes of at least 4 members (excludes halogenated alkanes) is 1. The van der Waals surface area contributed by atoms with E-state index in [1.807, 2.05) is 0 Å². The fourth-order valence-electron chi connectivity index (χ4n) is 1.37. The van der Waals surface area contributed by atoms with Crippen molar-refractivity contribution < 1.29 is 4.79 Å². The van der Waals surface area contributed by atoms with Gasteiger partial charge in [0.05, 0.1) is 11.9 Å². The second-order valence-electron chi connectivity index (χ2n) is 3.63. The highest BCUT2D eigenvalue weighted by atomic mass is 32.1. The Morgan fingerprint density at radius 3 is 2.94 bits per heavy atom. The maximum atomic E-state index is 11.2. The van der Waals surface area contributed by atoms with Crippen molar-refractivity contribution in [1.29, 1.82) is 0 Å². The predicted octanol–water partition coefficient (Wildman–Crippen LogP) is 0.605. The standard InChI is InChI=1S/C10H17N5OS/c1-3-4-5-12-10(17)14-7-6-13-15(2)8(7)9(11)16/h6H,3-5H2,1-2H3,(H2,11,16)(H2,12,14,17). The van der Waals surface area contributed by atoms with Crippen LogP contribution in [-0.2, 0) is 7.05 Å². The molecular formula is C10H17N5OS. The largest absolute Gasteiger partial charge is 0.364 e. The molecule has 0 spiro atoms. The predicted molar refractivity (Wildman–Crippen MR) is 70.9 cm³/mol. The minimum atomic E-state index is -0.538. The van der Waals surface area contributed by atoms with Gasteiger partial charge in [0.2, 0.25) is 0 Å². The number of rotatable bonds is 5. The summed E-state index contributed by atoms with van der Waals surface area (Å²) in [6, 6.07) is 0. The summed E-state index contributed by atoms with van der Waals surface area (Å²) in [6.45, 7) is 2.90. The highest BCUT2D eigenvalue weighted by Crippen LogP contribution is 2.12. The van der Waals surface area contributed by atoms with E-state index in [4.69, 9.17) is 18.0 Å². The van der Waals surface area contributed by atoms with Crippen molar-refractivity contribution in [3.05, 3.63) is 11.9 Å². The number of aryl methyl sites for hydroxylation is 1. The number of thiocarbonyl (C=S) groups is 1. The van der Waals surface area contributed by atoms with Gasteiger partial charge in [-0.1, -0.05) is 13.3 Å². The topological polar surface area (TPSA) is 85.0 Å². The summed E-state index contributed by atoms with van der Waals surface area (Å²) in [5, 5.41) is 10.4. The van der Waals surface area contributed by atoms with Crippen LogP contribution < -0.4 is 16.4 Å². The first-order valence-electron chi connectivity index (χ1n) is 5.43. The summed E-state index contributed by atoms with van der Waals surface area (Å²) in [6.07, 6.45) is 3.65. The molecule has 0 bridgehead atoms. The van der Waals surface area contributed by atoms with Crippen molar-refractivity contribution in [2.24, 2.45) is 12.8 Å². The van der Waals surface area contributed by atoms with Gasteiger partial charge in [-0.25, -0.2) is 0 Å². The van der Waals surface area contributed by atoms with E-state index < -0.39 is 5.91 Å². The molecule has 0 atom stereocenters. The number of nitrogens with one attached hydrogen (secondary N) is 2. The Morgan fingerprint density at radius 1 is 1.65 bits per heavy atom. The summed E-state index contributed by atoms with van der Waals surface area (Å²) < 4.78 is 1.42. The van der Waals surface area contributed by atoms with Crippen molar-refractivity contribution in [3.8, 4) is 0 Å². The van der Waals surface area contributed by atoms with Crippen LogP contribution in [-0.4, -0.2) is 27.3 Å². The van der Waals surface area contributed by atoms with Crippen molar-refractivity contribution in [3.63, 3.8) is 0 Å². The van der Waals surface area contributed by atoms with E-state index in [0.717, 1.165) is 19.4 Å². The highest BCUT2D eigenvalue weighted by molar-refractivity contribution is 7.80. The van der Waals surface area contributed by atoms with E-state index in [9.17, 15) is 4.79 Å². The van der Waals surface area contributed by atoms with Crippen molar-refractivity contribution >= 4 is 28.9 Å². The Labute approximate surface area is 106 Å². The molecule has 6 nitrogen and oxygen atoms in total. The smallest absolute Gasteiger partial charge is 0.269 e. The molecule has 0 saturated heterocycles. The van der Waals surface area contributed by atoms with E-state index in [1.54, 1.807) is 7.05 Å². The van der Waals surface area contributed by atoms with Crippen LogP contribution in [0.1, 0.15) is 30.3 Å². The molecule has 7 heteroatoms. The fourth-order valence-corrected chi connectivity index (χ4v) is 1.58. The van der Waals surface area contributed by atoms with Gasteiger partial charge in [-0.05, 0) is 18.6 Å². The first-order valence-corrected chi connectivity index (χ1v) is 5.83. The highest BCUT2D eigenvalue weighted by Gasteiger charge is 2.14. The summed E-state index contributed by atoms with van der Waals surface area (Å²) in [5.41, 5.74) is 6.09. The minimum Gasteiger partial charge on any atom is -0.364 e. The molecule has 0 unspecified atom stereocenters. The summed E-state index contributed by atoms with van der Waals surface area (Å²) in [4.78, 5) is 11.2. The van der Waals surface area contributed by atoms with Crippen LogP contribution in [0.2, 0.25) is 0 Å². The van der Waals surface area contributed by atoms with Gasteiger partial charge >= 0.3 is 0 Å². The van der Waals surface area contributed by atoms with Crippen LogP contribution in [0.3, 0.4) is 0 Å². The molecule has 17 heavy (non-hydrogen) atoms. The molecule has 1 aromatic rings. The number of aromatic nitrogens is 2. The van der Waals surface area contributed by atoms with Gasteiger partial charge in [0.1, 0.15) is 5.69 Å². The van der Waals surface area contributed by atoms with Gasteiger partial charge in [-0.2, -0.15) is 5.10 Å². The molecule has 0 aliphatic heterocycles. The van der Waals surface area contributed by atoms with E-state index in [1.165, 1.54) is 10.9 Å². The van der Waals surface area contributed by atoms with Crippen molar-refractivity contribution in [2.45, 2.75) is 19.8 Å². The number of amides is 1. The third-order valence-corrected chi connectivity index (χ3v) is 2.48. The number of anilines is 1. The quantitative estimate of drug-likeness (QED) is 0.530. The lowest BCUT2D eigenvalue weighted by atomic mass is 10.3. The summed E-state index contributed by atoms with van der Waals surface area (Å²) >= 11 is 5.09. The zero-order chi connectivity index (χ0) is 12.8. The molecule has 94 valence electrons. The second-order valence-corrected chi connectivity index (χ2v) is 4.04. The minimum absolute atomic E-state index is 0.310. The number of nitrogens with two attached hydrogens (primary N) is 1. The fraction of sp³-hybridized carbons (Fsp3) is 0.500. The molecule has 0 aliphatic carbocycles. The van der Waals surface area contributed by atoms with Crippen LogP contribution in [0.25, 0.3) is 0 Å². The van der Waals surface area contributed by atoms with Gasteiger partial charge in [0, 0.05) is 13.6 Å². The molecule has 1 heterocycles. The molecule has 0 saturated carbocycles. The molecule has 0 radical (unpaired) electrons. The van der Waals surface area contributed by atoms with Gasteiger partial charge in [-0.15, -0.1) is 0 Å². The van der Waals surface area contributed by atoms with Crippen LogP contribution in [0.4, 0.5) is 5.69 Å². The van der Waals surface area contributed by atoms with Crippen LogP contribution >= 0.6 is 12.2 Å². The molecule has 4 N–H and O–H groups in total. The SMILES string of the molecule is CCCCNC(=S)Nc1cnn(C)c1C(N)=O. The number of hydrogen-bond acceptors (Lipinski definition) is 3. The Hall–Kier alpha value is -1.63. The molecular weight excluding hydrogens is 238 g/mol. The van der Waals surface area contributed by atoms with Gasteiger partial charge < -0.3 is 16.4 Å². The normalized spacial score (nSPS) is 10.0. The lowest BCUT2D eigenvalue weighted by Crippen LogP contribution is -2.30. The van der Waals surface area contributed by atoms with E-state index in [0.29, 0.717) is 16.5 Å². The average molecular weight is 255 g/mol. The van der Waals surface area contributed by atoms with Crippen molar-refractivity contribution in [2.75, 3.05) is 11.9 Å². The summed E-state index contributed by atoms with van der Waals surface area (Å²) in [5.74, 6) is -0.538. The van der Waals surface area contributed by atoms with E-state index in [2.05, 4.69) is 22.7 Å². The number of carbonyl (C=O) groups is 1. The van der Waals surface area contributed by atoms with Crippen molar-refractivity contribution in [1.82, 2.24) is 15.1 Å². The first kappa shape index (κ1) is 13.4. The molecule has 0 aliphatic rings. The molecule has 1 amide bonds. The lowest BCUT2D eigenvalue weighted by molar-refractivity contribution is 0.0992. The average Bonchev–Trinajstić information content (AvgIpc) is 2.60. The zero-order valence-corrected chi connectivity index (χ0v) is 10.8. The number of hydrogen-bond donors (Lipinski definition) is 3. The Balaban J connectivity index is 2.62. The number of primary amides is 1. The first-order chi connectivity index (χ1) is 8.06. The molecule has 1 rings (SSSR count). The van der Waals surface area contributed by atoms with Gasteiger partial charge in [0.15, 0.2) is 5.11 Å². The second kappa shape index (κ2) is 6.19. The number of nitrogens with zero attached hydrogens (tertiary/aromatic N) is 2. The summed E-state index contributed by atoms with van der Waals surface area (Å²) in [7, 11) is 1.65. The maximum Gasteiger partial charge on any atom is 0.269 e. The molecule has 0 aromatic carbocycles.